The molecule has 1 heterocycles. The first-order valence-electron chi connectivity index (χ1n) is 7.44. The van der Waals surface area contributed by atoms with E-state index in [9.17, 15) is 9.59 Å². The Morgan fingerprint density at radius 1 is 1.38 bits per heavy atom. The van der Waals surface area contributed by atoms with Gasteiger partial charge in [-0.05, 0) is 31.9 Å². The van der Waals surface area contributed by atoms with Gasteiger partial charge in [-0.25, -0.2) is 0 Å². The molecule has 5 heteroatoms. The summed E-state index contributed by atoms with van der Waals surface area (Å²) < 4.78 is 0. The number of nitrogens with one attached hydrogen (secondary N) is 1. The third-order valence-electron chi connectivity index (χ3n) is 3.98. The highest BCUT2D eigenvalue weighted by molar-refractivity contribution is 5.84. The zero-order valence-corrected chi connectivity index (χ0v) is 12.4. The second-order valence-corrected chi connectivity index (χ2v) is 5.57. The molecule has 1 aliphatic heterocycles. The van der Waals surface area contributed by atoms with Crippen LogP contribution in [0.3, 0.4) is 0 Å². The van der Waals surface area contributed by atoms with E-state index in [1.165, 1.54) is 0 Å². The quantitative estimate of drug-likeness (QED) is 0.826. The number of rotatable bonds is 6. The summed E-state index contributed by atoms with van der Waals surface area (Å²) in [5.74, 6) is -0.505. The molecule has 21 heavy (non-hydrogen) atoms. The lowest BCUT2D eigenvalue weighted by atomic mass is 10.0. The first-order chi connectivity index (χ1) is 10.1. The molecule has 0 spiro atoms. The Labute approximate surface area is 125 Å². The van der Waals surface area contributed by atoms with Gasteiger partial charge < -0.3 is 16.0 Å². The molecule has 3 N–H and O–H groups in total. The third kappa shape index (κ3) is 4.29. The van der Waals surface area contributed by atoms with Crippen LogP contribution in [0.5, 0.6) is 0 Å². The van der Waals surface area contributed by atoms with Gasteiger partial charge in [-0.15, -0.1) is 0 Å². The van der Waals surface area contributed by atoms with E-state index in [0.717, 1.165) is 24.9 Å². The summed E-state index contributed by atoms with van der Waals surface area (Å²) in [6, 6.07) is 9.76. The Balaban J connectivity index is 2.09. The molecule has 1 saturated heterocycles. The van der Waals surface area contributed by atoms with Crippen LogP contribution in [0.1, 0.15) is 37.8 Å². The van der Waals surface area contributed by atoms with Gasteiger partial charge in [0.25, 0.3) is 0 Å². The van der Waals surface area contributed by atoms with Crippen LogP contribution in [-0.4, -0.2) is 35.8 Å². The largest absolute Gasteiger partial charge is 0.368 e. The van der Waals surface area contributed by atoms with Crippen LogP contribution in [-0.2, 0) is 9.59 Å². The van der Waals surface area contributed by atoms with Gasteiger partial charge in [0.2, 0.25) is 11.8 Å². The average molecular weight is 289 g/mol. The van der Waals surface area contributed by atoms with E-state index in [1.54, 1.807) is 4.90 Å². The van der Waals surface area contributed by atoms with Crippen molar-refractivity contribution in [2.24, 2.45) is 5.73 Å². The molecule has 2 rings (SSSR count). The molecular formula is C16H23N3O2. The zero-order valence-electron chi connectivity index (χ0n) is 12.4. The van der Waals surface area contributed by atoms with Gasteiger partial charge in [0.1, 0.15) is 0 Å². The Hall–Kier alpha value is -1.88. The van der Waals surface area contributed by atoms with Crippen molar-refractivity contribution in [2.45, 2.75) is 38.3 Å². The van der Waals surface area contributed by atoms with Crippen molar-refractivity contribution in [3.8, 4) is 0 Å². The van der Waals surface area contributed by atoms with E-state index in [0.29, 0.717) is 6.42 Å². The normalized spacial score (nSPS) is 19.2. The Morgan fingerprint density at radius 2 is 2.10 bits per heavy atom. The number of amides is 2. The summed E-state index contributed by atoms with van der Waals surface area (Å²) in [5.41, 5.74) is 6.31. The number of benzene rings is 1. The SMILES string of the molecule is C[C@H](c1ccccc1)N(CC(N)=O)C(=O)CC1CCCN1. The lowest BCUT2D eigenvalue weighted by Gasteiger charge is -2.29. The van der Waals surface area contributed by atoms with Crippen LogP contribution in [0.2, 0.25) is 0 Å². The molecule has 1 fully saturated rings. The Kier molecular flexibility index (Phi) is 5.33. The smallest absolute Gasteiger partial charge is 0.237 e. The van der Waals surface area contributed by atoms with Crippen molar-refractivity contribution in [2.75, 3.05) is 13.1 Å². The van der Waals surface area contributed by atoms with Gasteiger partial charge in [0, 0.05) is 12.5 Å². The van der Waals surface area contributed by atoms with Crippen LogP contribution < -0.4 is 11.1 Å². The number of carbonyl (C=O) groups excluding carboxylic acids is 2. The second kappa shape index (κ2) is 7.22. The molecule has 1 aliphatic rings. The van der Waals surface area contributed by atoms with Crippen LogP contribution in [0.15, 0.2) is 30.3 Å². The fraction of sp³-hybridized carbons (Fsp3) is 0.500. The van der Waals surface area contributed by atoms with Crippen molar-refractivity contribution in [3.63, 3.8) is 0 Å². The lowest BCUT2D eigenvalue weighted by molar-refractivity contribution is -0.137. The molecule has 0 aliphatic carbocycles. The molecule has 0 bridgehead atoms. The minimum Gasteiger partial charge on any atom is -0.368 e. The lowest BCUT2D eigenvalue weighted by Crippen LogP contribution is -2.42. The van der Waals surface area contributed by atoms with Crippen molar-refractivity contribution in [1.82, 2.24) is 10.2 Å². The molecule has 5 nitrogen and oxygen atoms in total. The highest BCUT2D eigenvalue weighted by Gasteiger charge is 2.26. The van der Waals surface area contributed by atoms with E-state index in [1.807, 2.05) is 37.3 Å². The van der Waals surface area contributed by atoms with Gasteiger partial charge in [-0.3, -0.25) is 9.59 Å². The van der Waals surface area contributed by atoms with Gasteiger partial charge >= 0.3 is 0 Å². The number of hydrogen-bond acceptors (Lipinski definition) is 3. The molecule has 0 radical (unpaired) electrons. The summed E-state index contributed by atoms with van der Waals surface area (Å²) >= 11 is 0. The fourth-order valence-corrected chi connectivity index (χ4v) is 2.78. The molecule has 1 aromatic rings. The summed E-state index contributed by atoms with van der Waals surface area (Å²) in [4.78, 5) is 25.4. The number of primary amides is 1. The number of nitrogens with two attached hydrogens (primary N) is 1. The molecule has 1 unspecified atom stereocenters. The minimum atomic E-state index is -0.481. The standard InChI is InChI=1S/C16H23N3O2/c1-12(13-6-3-2-4-7-13)19(11-15(17)20)16(21)10-14-8-5-9-18-14/h2-4,6-7,12,14,18H,5,8-11H2,1H3,(H2,17,20)/t12-,14?/m1/s1. The summed E-state index contributed by atoms with van der Waals surface area (Å²) in [6.45, 7) is 2.85. The van der Waals surface area contributed by atoms with Gasteiger partial charge in [-0.2, -0.15) is 0 Å². The van der Waals surface area contributed by atoms with Crippen LogP contribution in [0.4, 0.5) is 0 Å². The van der Waals surface area contributed by atoms with E-state index < -0.39 is 5.91 Å². The maximum absolute atomic E-state index is 12.5. The van der Waals surface area contributed by atoms with Crippen molar-refractivity contribution >= 4 is 11.8 Å². The predicted octanol–water partition coefficient (Wildman–Crippen LogP) is 1.20. The molecule has 0 saturated carbocycles. The summed E-state index contributed by atoms with van der Waals surface area (Å²) in [6.07, 6.45) is 2.53. The Bertz CT molecular complexity index is 484. The van der Waals surface area contributed by atoms with Gasteiger partial charge in [-0.1, -0.05) is 30.3 Å². The van der Waals surface area contributed by atoms with Crippen LogP contribution in [0, 0.1) is 0 Å². The van der Waals surface area contributed by atoms with Crippen LogP contribution >= 0.6 is 0 Å². The fourth-order valence-electron chi connectivity index (χ4n) is 2.78. The number of carbonyl (C=O) groups is 2. The summed E-state index contributed by atoms with van der Waals surface area (Å²) in [7, 11) is 0. The van der Waals surface area contributed by atoms with E-state index >= 15 is 0 Å². The number of nitrogens with zero attached hydrogens (tertiary/aromatic N) is 1. The molecule has 1 aromatic carbocycles. The monoisotopic (exact) mass is 289 g/mol. The maximum atomic E-state index is 12.5. The summed E-state index contributed by atoms with van der Waals surface area (Å²) in [5, 5.41) is 3.31. The topological polar surface area (TPSA) is 75.4 Å². The maximum Gasteiger partial charge on any atom is 0.237 e. The molecule has 2 atom stereocenters. The average Bonchev–Trinajstić information content (AvgIpc) is 2.97. The highest BCUT2D eigenvalue weighted by atomic mass is 16.2. The highest BCUT2D eigenvalue weighted by Crippen LogP contribution is 2.21. The van der Waals surface area contributed by atoms with E-state index in [4.69, 9.17) is 5.73 Å². The molecular weight excluding hydrogens is 266 g/mol. The van der Waals surface area contributed by atoms with Crippen molar-refractivity contribution in [1.29, 1.82) is 0 Å². The van der Waals surface area contributed by atoms with Crippen molar-refractivity contribution < 1.29 is 9.59 Å². The first kappa shape index (κ1) is 15.5. The Morgan fingerprint density at radius 3 is 2.67 bits per heavy atom. The van der Waals surface area contributed by atoms with Crippen molar-refractivity contribution in [3.05, 3.63) is 35.9 Å². The third-order valence-corrected chi connectivity index (χ3v) is 3.98. The molecule has 114 valence electrons. The van der Waals surface area contributed by atoms with Gasteiger partial charge in [0.05, 0.1) is 12.6 Å². The number of hydrogen-bond donors (Lipinski definition) is 2. The zero-order chi connectivity index (χ0) is 15.2. The molecule has 2 amide bonds. The van der Waals surface area contributed by atoms with E-state index in [2.05, 4.69) is 5.32 Å². The van der Waals surface area contributed by atoms with E-state index in [-0.39, 0.29) is 24.5 Å². The predicted molar refractivity (Wildman–Crippen MR) is 81.4 cm³/mol. The first-order valence-corrected chi connectivity index (χ1v) is 7.44. The van der Waals surface area contributed by atoms with Gasteiger partial charge in [0.15, 0.2) is 0 Å². The molecule has 0 aromatic heterocycles. The minimum absolute atomic E-state index is 0.0236. The van der Waals surface area contributed by atoms with Crippen LogP contribution in [0.25, 0.3) is 0 Å². The second-order valence-electron chi connectivity index (χ2n) is 5.57.